The Hall–Kier alpha value is -1.79. The number of carbonyl (C=O) groups excluding carboxylic acids is 2. The number of hydrogen-bond acceptors (Lipinski definition) is 3. The minimum Gasteiger partial charge on any atom is -0.481 e. The second-order valence-corrected chi connectivity index (χ2v) is 5.49. The zero-order valence-corrected chi connectivity index (χ0v) is 12.7. The number of nitrogens with one attached hydrogen (secondary N) is 2. The first-order valence-corrected chi connectivity index (χ1v) is 7.46. The highest BCUT2D eigenvalue weighted by Gasteiger charge is 2.25. The van der Waals surface area contributed by atoms with Crippen LogP contribution in [0.4, 0.5) is 4.79 Å². The minimum absolute atomic E-state index is 0.0534. The highest BCUT2D eigenvalue weighted by Crippen LogP contribution is 2.11. The lowest BCUT2D eigenvalue weighted by molar-refractivity contribution is -0.137. The van der Waals surface area contributed by atoms with E-state index in [1.807, 2.05) is 6.92 Å². The number of likely N-dealkylation sites (tertiary alicyclic amines) is 1. The van der Waals surface area contributed by atoms with Gasteiger partial charge in [0.15, 0.2) is 0 Å². The Morgan fingerprint density at radius 1 is 1.29 bits per heavy atom. The summed E-state index contributed by atoms with van der Waals surface area (Å²) in [4.78, 5) is 35.6. The number of nitrogens with zero attached hydrogens (tertiary/aromatic N) is 1. The fraction of sp³-hybridized carbons (Fsp3) is 0.786. The van der Waals surface area contributed by atoms with E-state index in [0.717, 1.165) is 19.3 Å². The van der Waals surface area contributed by atoms with Crippen molar-refractivity contribution in [2.75, 3.05) is 13.1 Å². The molecular weight excluding hydrogens is 274 g/mol. The van der Waals surface area contributed by atoms with Gasteiger partial charge >= 0.3 is 12.0 Å². The van der Waals surface area contributed by atoms with Crippen LogP contribution in [-0.4, -0.2) is 53.1 Å². The molecule has 1 saturated heterocycles. The van der Waals surface area contributed by atoms with Crippen LogP contribution in [0.3, 0.4) is 0 Å². The quantitative estimate of drug-likeness (QED) is 0.679. The summed E-state index contributed by atoms with van der Waals surface area (Å²) in [6.45, 7) is 4.59. The van der Waals surface area contributed by atoms with E-state index in [9.17, 15) is 14.4 Å². The maximum Gasteiger partial charge on any atom is 0.317 e. The van der Waals surface area contributed by atoms with Gasteiger partial charge in [-0.05, 0) is 19.3 Å². The van der Waals surface area contributed by atoms with Crippen molar-refractivity contribution < 1.29 is 19.5 Å². The van der Waals surface area contributed by atoms with E-state index in [1.165, 1.54) is 6.92 Å². The lowest BCUT2D eigenvalue weighted by Gasteiger charge is -2.33. The fourth-order valence-electron chi connectivity index (χ4n) is 2.56. The van der Waals surface area contributed by atoms with Crippen molar-refractivity contribution in [1.29, 1.82) is 0 Å². The summed E-state index contributed by atoms with van der Waals surface area (Å²) < 4.78 is 0. The molecule has 0 aliphatic carbocycles. The van der Waals surface area contributed by atoms with Crippen molar-refractivity contribution in [3.63, 3.8) is 0 Å². The Labute approximate surface area is 125 Å². The van der Waals surface area contributed by atoms with Crippen LogP contribution in [0.15, 0.2) is 0 Å². The molecule has 0 aromatic rings. The number of carboxylic acid groups (broad SMARTS) is 1. The molecule has 0 saturated carbocycles. The molecule has 21 heavy (non-hydrogen) atoms. The summed E-state index contributed by atoms with van der Waals surface area (Å²) in [5.74, 6) is -0.958. The van der Waals surface area contributed by atoms with Crippen LogP contribution in [0.2, 0.25) is 0 Å². The van der Waals surface area contributed by atoms with Gasteiger partial charge in [0.1, 0.15) is 0 Å². The molecular formula is C14H25N3O4. The summed E-state index contributed by atoms with van der Waals surface area (Å²) >= 11 is 0. The van der Waals surface area contributed by atoms with Crippen LogP contribution in [0.5, 0.6) is 0 Å². The molecule has 0 radical (unpaired) electrons. The molecule has 7 nitrogen and oxygen atoms in total. The average molecular weight is 299 g/mol. The second-order valence-electron chi connectivity index (χ2n) is 5.49. The number of rotatable bonds is 6. The largest absolute Gasteiger partial charge is 0.481 e. The first kappa shape index (κ1) is 17.3. The summed E-state index contributed by atoms with van der Waals surface area (Å²) in [6.07, 6.45) is 2.87. The molecule has 0 aromatic heterocycles. The van der Waals surface area contributed by atoms with Gasteiger partial charge in [-0.1, -0.05) is 13.3 Å². The molecule has 1 aliphatic heterocycles. The lowest BCUT2D eigenvalue weighted by Crippen LogP contribution is -2.51. The van der Waals surface area contributed by atoms with Crippen molar-refractivity contribution in [2.45, 2.75) is 58.0 Å². The van der Waals surface area contributed by atoms with E-state index in [1.54, 1.807) is 4.90 Å². The fourth-order valence-corrected chi connectivity index (χ4v) is 2.56. The van der Waals surface area contributed by atoms with Gasteiger partial charge in [-0.25, -0.2) is 4.79 Å². The molecule has 0 aromatic carbocycles. The molecule has 120 valence electrons. The van der Waals surface area contributed by atoms with Crippen molar-refractivity contribution in [2.24, 2.45) is 0 Å². The maximum atomic E-state index is 12.1. The average Bonchev–Trinajstić information content (AvgIpc) is 2.38. The van der Waals surface area contributed by atoms with E-state index in [4.69, 9.17) is 5.11 Å². The van der Waals surface area contributed by atoms with E-state index >= 15 is 0 Å². The van der Waals surface area contributed by atoms with E-state index in [0.29, 0.717) is 19.5 Å². The highest BCUT2D eigenvalue weighted by atomic mass is 16.4. The number of carboxylic acids is 1. The molecule has 1 unspecified atom stereocenters. The van der Waals surface area contributed by atoms with Gasteiger partial charge in [0, 0.05) is 32.1 Å². The van der Waals surface area contributed by atoms with Gasteiger partial charge in [-0.2, -0.15) is 0 Å². The summed E-state index contributed by atoms with van der Waals surface area (Å²) in [5.41, 5.74) is 0. The molecule has 3 amide bonds. The van der Waals surface area contributed by atoms with Crippen molar-refractivity contribution in [3.8, 4) is 0 Å². The highest BCUT2D eigenvalue weighted by molar-refractivity contribution is 5.76. The topological polar surface area (TPSA) is 98.7 Å². The predicted molar refractivity (Wildman–Crippen MR) is 77.9 cm³/mol. The Kier molecular flexibility index (Phi) is 6.98. The van der Waals surface area contributed by atoms with Gasteiger partial charge in [0.05, 0.1) is 6.42 Å². The third kappa shape index (κ3) is 6.46. The number of piperidine rings is 1. The second kappa shape index (κ2) is 8.49. The Morgan fingerprint density at radius 3 is 2.38 bits per heavy atom. The number of hydrogen-bond donors (Lipinski definition) is 3. The number of aliphatic carboxylic acids is 1. The van der Waals surface area contributed by atoms with Crippen LogP contribution in [0.1, 0.15) is 46.0 Å². The van der Waals surface area contributed by atoms with Crippen LogP contribution in [0, 0.1) is 0 Å². The number of urea groups is 1. The van der Waals surface area contributed by atoms with Gasteiger partial charge in [-0.3, -0.25) is 9.59 Å². The summed E-state index contributed by atoms with van der Waals surface area (Å²) in [5, 5.41) is 14.5. The maximum absolute atomic E-state index is 12.1. The van der Waals surface area contributed by atoms with Gasteiger partial charge < -0.3 is 20.6 Å². The summed E-state index contributed by atoms with van der Waals surface area (Å²) in [6, 6.07) is -0.416. The van der Waals surface area contributed by atoms with Crippen LogP contribution in [0.25, 0.3) is 0 Å². The standard InChI is InChI=1S/C14H25N3O4/c1-3-4-12(9-13(19)20)16-14(21)17-7-5-11(6-8-17)15-10(2)18/h11-12H,3-9H2,1-2H3,(H,15,18)(H,16,21)(H,19,20). The van der Waals surface area contributed by atoms with E-state index < -0.39 is 5.97 Å². The Morgan fingerprint density at radius 2 is 1.90 bits per heavy atom. The molecule has 1 aliphatic rings. The van der Waals surface area contributed by atoms with Crippen molar-refractivity contribution in [1.82, 2.24) is 15.5 Å². The van der Waals surface area contributed by atoms with Crippen LogP contribution in [-0.2, 0) is 9.59 Å². The lowest BCUT2D eigenvalue weighted by atomic mass is 10.1. The molecule has 1 fully saturated rings. The van der Waals surface area contributed by atoms with E-state index in [-0.39, 0.29) is 30.4 Å². The van der Waals surface area contributed by atoms with Crippen molar-refractivity contribution in [3.05, 3.63) is 0 Å². The number of amides is 3. The first-order chi connectivity index (χ1) is 9.92. The van der Waals surface area contributed by atoms with Gasteiger partial charge in [-0.15, -0.1) is 0 Å². The molecule has 0 bridgehead atoms. The first-order valence-electron chi connectivity index (χ1n) is 7.46. The molecule has 1 heterocycles. The normalized spacial score (nSPS) is 17.1. The van der Waals surface area contributed by atoms with Gasteiger partial charge in [0.2, 0.25) is 5.91 Å². The van der Waals surface area contributed by atoms with Crippen molar-refractivity contribution >= 4 is 17.9 Å². The summed E-state index contributed by atoms with van der Waals surface area (Å²) in [7, 11) is 0. The zero-order chi connectivity index (χ0) is 15.8. The molecule has 7 heteroatoms. The molecule has 0 spiro atoms. The molecule has 1 rings (SSSR count). The molecule has 3 N–H and O–H groups in total. The Balaban J connectivity index is 2.41. The SMILES string of the molecule is CCCC(CC(=O)O)NC(=O)N1CCC(NC(C)=O)CC1. The minimum atomic E-state index is -0.905. The van der Waals surface area contributed by atoms with Gasteiger partial charge in [0.25, 0.3) is 0 Å². The third-order valence-electron chi connectivity index (χ3n) is 3.58. The predicted octanol–water partition coefficient (Wildman–Crippen LogP) is 0.940. The monoisotopic (exact) mass is 299 g/mol. The van der Waals surface area contributed by atoms with Crippen LogP contribution >= 0.6 is 0 Å². The Bertz CT molecular complexity index is 378. The number of carbonyl (C=O) groups is 3. The van der Waals surface area contributed by atoms with E-state index in [2.05, 4.69) is 10.6 Å². The zero-order valence-electron chi connectivity index (χ0n) is 12.7. The smallest absolute Gasteiger partial charge is 0.317 e. The third-order valence-corrected chi connectivity index (χ3v) is 3.58. The molecule has 1 atom stereocenters. The van der Waals surface area contributed by atoms with Crippen LogP contribution < -0.4 is 10.6 Å².